The SMILES string of the molecule is NC(=O)c1ccc(-c2cnn3cc(-c4ccc(C5CCC6CNC6C5)cc4)cnc23)c2ccccc12. The Bertz CT molecular complexity index is 1620. The molecule has 1 amide bonds. The molecule has 2 aromatic heterocycles. The van der Waals surface area contributed by atoms with Crippen molar-refractivity contribution in [2.75, 3.05) is 6.54 Å². The van der Waals surface area contributed by atoms with Crippen molar-refractivity contribution in [1.29, 1.82) is 0 Å². The second-order valence-electron chi connectivity index (χ2n) is 10.1. The first-order valence-corrected chi connectivity index (χ1v) is 12.6. The first-order valence-electron chi connectivity index (χ1n) is 12.6. The topological polar surface area (TPSA) is 85.3 Å². The second-order valence-corrected chi connectivity index (χ2v) is 10.1. The van der Waals surface area contributed by atoms with Crippen LogP contribution in [-0.4, -0.2) is 33.1 Å². The summed E-state index contributed by atoms with van der Waals surface area (Å²) in [7, 11) is 0. The summed E-state index contributed by atoms with van der Waals surface area (Å²) in [4.78, 5) is 16.7. The van der Waals surface area contributed by atoms with Crippen LogP contribution in [0, 0.1) is 5.92 Å². The van der Waals surface area contributed by atoms with Gasteiger partial charge in [-0.25, -0.2) is 9.50 Å². The van der Waals surface area contributed by atoms with E-state index in [-0.39, 0.29) is 0 Å². The lowest BCUT2D eigenvalue weighted by Crippen LogP contribution is -2.55. The molecule has 3 unspecified atom stereocenters. The fraction of sp³-hybridized carbons (Fsp3) is 0.233. The monoisotopic (exact) mass is 473 g/mol. The first-order chi connectivity index (χ1) is 17.7. The third-order valence-electron chi connectivity index (χ3n) is 8.19. The van der Waals surface area contributed by atoms with Crippen LogP contribution in [0.5, 0.6) is 0 Å². The molecule has 0 spiro atoms. The molecule has 3 heterocycles. The molecule has 6 nitrogen and oxygen atoms in total. The van der Waals surface area contributed by atoms with Crippen molar-refractivity contribution in [1.82, 2.24) is 19.9 Å². The molecule has 2 fully saturated rings. The zero-order valence-electron chi connectivity index (χ0n) is 19.9. The number of fused-ring (bicyclic) bond motifs is 3. The molecule has 0 radical (unpaired) electrons. The molecule has 2 aliphatic rings. The van der Waals surface area contributed by atoms with Crippen LogP contribution in [0.3, 0.4) is 0 Å². The molecule has 7 rings (SSSR count). The third kappa shape index (κ3) is 3.40. The lowest BCUT2D eigenvalue weighted by Gasteiger charge is -2.45. The van der Waals surface area contributed by atoms with Crippen molar-refractivity contribution in [3.63, 3.8) is 0 Å². The molecule has 6 heteroatoms. The van der Waals surface area contributed by atoms with Gasteiger partial charge < -0.3 is 11.1 Å². The van der Waals surface area contributed by atoms with E-state index in [1.54, 1.807) is 6.07 Å². The summed E-state index contributed by atoms with van der Waals surface area (Å²) in [5, 5.41) is 10.00. The Morgan fingerprint density at radius 1 is 0.917 bits per heavy atom. The van der Waals surface area contributed by atoms with Gasteiger partial charge in [0.15, 0.2) is 5.65 Å². The van der Waals surface area contributed by atoms with Gasteiger partial charge in [0, 0.05) is 35.1 Å². The highest BCUT2D eigenvalue weighted by Crippen LogP contribution is 2.39. The average Bonchev–Trinajstić information content (AvgIpc) is 3.32. The Balaban J connectivity index is 1.21. The Labute approximate surface area is 209 Å². The minimum Gasteiger partial charge on any atom is -0.366 e. The van der Waals surface area contributed by atoms with Crippen molar-refractivity contribution < 1.29 is 4.79 Å². The van der Waals surface area contributed by atoms with Gasteiger partial charge in [0.1, 0.15) is 0 Å². The van der Waals surface area contributed by atoms with Crippen LogP contribution in [0.1, 0.15) is 41.1 Å². The van der Waals surface area contributed by atoms with E-state index in [1.165, 1.54) is 31.4 Å². The quantitative estimate of drug-likeness (QED) is 0.377. The molecule has 1 aliphatic heterocycles. The van der Waals surface area contributed by atoms with Crippen molar-refractivity contribution in [2.24, 2.45) is 11.7 Å². The Morgan fingerprint density at radius 2 is 1.75 bits per heavy atom. The molecule has 36 heavy (non-hydrogen) atoms. The molecule has 3 N–H and O–H groups in total. The maximum atomic E-state index is 11.9. The summed E-state index contributed by atoms with van der Waals surface area (Å²) in [5.74, 6) is 1.12. The van der Waals surface area contributed by atoms with Gasteiger partial charge in [-0.05, 0) is 71.2 Å². The predicted molar refractivity (Wildman–Crippen MR) is 142 cm³/mol. The van der Waals surface area contributed by atoms with Gasteiger partial charge in [-0.15, -0.1) is 0 Å². The molecule has 5 aromatic rings. The summed E-state index contributed by atoms with van der Waals surface area (Å²) in [5.41, 5.74) is 12.4. The number of rotatable bonds is 4. The van der Waals surface area contributed by atoms with Gasteiger partial charge in [0.05, 0.1) is 6.20 Å². The Morgan fingerprint density at radius 3 is 2.50 bits per heavy atom. The van der Waals surface area contributed by atoms with Crippen LogP contribution in [0.4, 0.5) is 0 Å². The van der Waals surface area contributed by atoms with Crippen LogP contribution in [0.25, 0.3) is 38.7 Å². The molecular weight excluding hydrogens is 446 g/mol. The van der Waals surface area contributed by atoms with Crippen LogP contribution < -0.4 is 11.1 Å². The standard InChI is InChI=1S/C30H27N5O/c31-29(36)26-12-11-25(23-3-1-2-4-24(23)26)27-16-34-35-17-22(15-33-30(27)35)19-7-5-18(6-8-19)20-9-10-21-14-32-28(21)13-20/h1-8,11-12,15-17,20-21,28,32H,9-10,13-14H2,(H2,31,36). The fourth-order valence-corrected chi connectivity index (χ4v) is 6.08. The Hall–Kier alpha value is -4.03. The number of aromatic nitrogens is 3. The van der Waals surface area contributed by atoms with E-state index < -0.39 is 5.91 Å². The van der Waals surface area contributed by atoms with Gasteiger partial charge in [0.25, 0.3) is 0 Å². The molecule has 1 saturated heterocycles. The van der Waals surface area contributed by atoms with Crippen molar-refractivity contribution in [3.05, 3.63) is 90.4 Å². The number of hydrogen-bond acceptors (Lipinski definition) is 4. The molecule has 1 saturated carbocycles. The van der Waals surface area contributed by atoms with Gasteiger partial charge in [0.2, 0.25) is 5.91 Å². The highest BCUT2D eigenvalue weighted by atomic mass is 16.1. The van der Waals surface area contributed by atoms with E-state index in [2.05, 4.69) is 34.7 Å². The largest absolute Gasteiger partial charge is 0.366 e. The lowest BCUT2D eigenvalue weighted by atomic mass is 9.72. The summed E-state index contributed by atoms with van der Waals surface area (Å²) < 4.78 is 1.83. The highest BCUT2D eigenvalue weighted by molar-refractivity contribution is 6.11. The predicted octanol–water partition coefficient (Wildman–Crippen LogP) is 5.17. The number of nitrogens with one attached hydrogen (secondary N) is 1. The van der Waals surface area contributed by atoms with Crippen LogP contribution in [-0.2, 0) is 0 Å². The summed E-state index contributed by atoms with van der Waals surface area (Å²) in [6, 6.07) is 21.2. The van der Waals surface area contributed by atoms with Gasteiger partial charge in [-0.3, -0.25) is 4.79 Å². The molecule has 1 aliphatic carbocycles. The zero-order valence-corrected chi connectivity index (χ0v) is 19.9. The van der Waals surface area contributed by atoms with E-state index in [4.69, 9.17) is 10.7 Å². The van der Waals surface area contributed by atoms with Crippen LogP contribution in [0.15, 0.2) is 79.3 Å². The number of carbonyl (C=O) groups is 1. The second kappa shape index (κ2) is 8.28. The Kier molecular flexibility index (Phi) is 4.89. The number of benzene rings is 3. The summed E-state index contributed by atoms with van der Waals surface area (Å²) >= 11 is 0. The van der Waals surface area contributed by atoms with Crippen LogP contribution >= 0.6 is 0 Å². The minimum absolute atomic E-state index is 0.432. The van der Waals surface area contributed by atoms with Gasteiger partial charge in [-0.2, -0.15) is 5.10 Å². The van der Waals surface area contributed by atoms with Crippen molar-refractivity contribution >= 4 is 22.3 Å². The maximum Gasteiger partial charge on any atom is 0.249 e. The summed E-state index contributed by atoms with van der Waals surface area (Å²) in [6.07, 6.45) is 9.67. The van der Waals surface area contributed by atoms with Gasteiger partial charge >= 0.3 is 0 Å². The summed E-state index contributed by atoms with van der Waals surface area (Å²) in [6.45, 7) is 1.20. The van der Waals surface area contributed by atoms with E-state index >= 15 is 0 Å². The number of nitrogens with two attached hydrogens (primary N) is 1. The zero-order chi connectivity index (χ0) is 24.2. The number of hydrogen-bond donors (Lipinski definition) is 2. The number of amides is 1. The normalized spacial score (nSPS) is 21.3. The first kappa shape index (κ1) is 21.3. The molecule has 0 bridgehead atoms. The van der Waals surface area contributed by atoms with Crippen molar-refractivity contribution in [2.45, 2.75) is 31.2 Å². The molecule has 178 valence electrons. The van der Waals surface area contributed by atoms with Crippen molar-refractivity contribution in [3.8, 4) is 22.3 Å². The third-order valence-corrected chi connectivity index (χ3v) is 8.19. The molecular formula is C30H27N5O. The number of nitrogens with zero attached hydrogens (tertiary/aromatic N) is 3. The lowest BCUT2D eigenvalue weighted by molar-refractivity contribution is 0.100. The van der Waals surface area contributed by atoms with E-state index in [1.807, 2.05) is 53.4 Å². The highest BCUT2D eigenvalue weighted by Gasteiger charge is 2.36. The smallest absolute Gasteiger partial charge is 0.249 e. The van der Waals surface area contributed by atoms with E-state index in [0.717, 1.165) is 44.6 Å². The minimum atomic E-state index is -0.432. The molecule has 3 atom stereocenters. The molecule has 3 aromatic carbocycles. The number of primary amides is 1. The van der Waals surface area contributed by atoms with E-state index in [9.17, 15) is 4.79 Å². The number of carbonyl (C=O) groups excluding carboxylic acids is 1. The average molecular weight is 474 g/mol. The fourth-order valence-electron chi connectivity index (χ4n) is 6.08. The maximum absolute atomic E-state index is 11.9. The van der Waals surface area contributed by atoms with Gasteiger partial charge in [-0.1, -0.05) is 54.6 Å². The van der Waals surface area contributed by atoms with E-state index in [0.29, 0.717) is 17.5 Å². The van der Waals surface area contributed by atoms with Crippen LogP contribution in [0.2, 0.25) is 0 Å².